The molecule has 0 spiro atoms. The van der Waals surface area contributed by atoms with Crippen LogP contribution in [0.1, 0.15) is 12.5 Å². The molecule has 1 aromatic rings. The molecule has 86 valence electrons. The zero-order chi connectivity index (χ0) is 12.1. The summed E-state index contributed by atoms with van der Waals surface area (Å²) >= 11 is 0. The largest absolute Gasteiger partial charge is 0.497 e. The number of carboxylic acids is 1. The van der Waals surface area contributed by atoms with Gasteiger partial charge in [-0.25, -0.2) is 4.79 Å². The van der Waals surface area contributed by atoms with Gasteiger partial charge in [0.1, 0.15) is 11.5 Å². The van der Waals surface area contributed by atoms with E-state index in [1.807, 2.05) is 0 Å². The van der Waals surface area contributed by atoms with Gasteiger partial charge < -0.3 is 14.6 Å². The first-order chi connectivity index (χ1) is 7.58. The molecule has 0 heterocycles. The van der Waals surface area contributed by atoms with Crippen molar-refractivity contribution in [1.82, 2.24) is 0 Å². The van der Waals surface area contributed by atoms with Gasteiger partial charge in [-0.3, -0.25) is 0 Å². The Labute approximate surface area is 94.1 Å². The fraction of sp³-hybridized carbons (Fsp3) is 0.250. The summed E-state index contributed by atoms with van der Waals surface area (Å²) in [5.74, 6) is 0.316. The maximum atomic E-state index is 10.7. The second-order valence-corrected chi connectivity index (χ2v) is 3.24. The van der Waals surface area contributed by atoms with E-state index in [0.717, 1.165) is 0 Å². The van der Waals surface area contributed by atoms with Crippen molar-refractivity contribution in [3.05, 3.63) is 29.3 Å². The summed E-state index contributed by atoms with van der Waals surface area (Å²) < 4.78 is 10.2. The summed E-state index contributed by atoms with van der Waals surface area (Å²) in [4.78, 5) is 10.7. The molecular weight excluding hydrogens is 208 g/mol. The van der Waals surface area contributed by atoms with E-state index in [4.69, 9.17) is 14.6 Å². The third-order valence-corrected chi connectivity index (χ3v) is 2.15. The van der Waals surface area contributed by atoms with Crippen LogP contribution in [0, 0.1) is 0 Å². The van der Waals surface area contributed by atoms with Crippen LogP contribution >= 0.6 is 0 Å². The zero-order valence-electron chi connectivity index (χ0n) is 9.48. The number of rotatable bonds is 4. The topological polar surface area (TPSA) is 55.8 Å². The van der Waals surface area contributed by atoms with Crippen molar-refractivity contribution in [2.24, 2.45) is 0 Å². The molecule has 16 heavy (non-hydrogen) atoms. The highest BCUT2D eigenvalue weighted by Crippen LogP contribution is 2.26. The fourth-order valence-corrected chi connectivity index (χ4v) is 1.25. The van der Waals surface area contributed by atoms with Crippen LogP contribution in [0.4, 0.5) is 0 Å². The minimum Gasteiger partial charge on any atom is -0.497 e. The first-order valence-electron chi connectivity index (χ1n) is 4.72. The molecule has 0 bridgehead atoms. The number of carbonyl (C=O) groups is 1. The Hall–Kier alpha value is -1.97. The molecule has 1 rings (SSSR count). The molecule has 0 amide bonds. The van der Waals surface area contributed by atoms with Crippen molar-refractivity contribution in [3.8, 4) is 11.5 Å². The molecule has 0 aliphatic rings. The first kappa shape index (κ1) is 12.1. The minimum absolute atomic E-state index is 0.242. The summed E-state index contributed by atoms with van der Waals surface area (Å²) in [6, 6.07) is 5.22. The molecule has 0 aromatic heterocycles. The molecule has 0 unspecified atom stereocenters. The molecule has 4 nitrogen and oxygen atoms in total. The maximum absolute atomic E-state index is 10.7. The fourth-order valence-electron chi connectivity index (χ4n) is 1.25. The van der Waals surface area contributed by atoms with Crippen LogP contribution in [0.15, 0.2) is 23.8 Å². The second-order valence-electron chi connectivity index (χ2n) is 3.24. The quantitative estimate of drug-likeness (QED) is 0.793. The normalized spacial score (nSPS) is 11.1. The van der Waals surface area contributed by atoms with E-state index in [1.165, 1.54) is 14.0 Å². The monoisotopic (exact) mass is 222 g/mol. The predicted molar refractivity (Wildman–Crippen MR) is 60.8 cm³/mol. The molecule has 0 saturated carbocycles. The van der Waals surface area contributed by atoms with E-state index in [-0.39, 0.29) is 5.57 Å². The van der Waals surface area contributed by atoms with Crippen LogP contribution in [0.25, 0.3) is 6.08 Å². The summed E-state index contributed by atoms with van der Waals surface area (Å²) in [6.45, 7) is 1.53. The highest BCUT2D eigenvalue weighted by atomic mass is 16.5. The van der Waals surface area contributed by atoms with E-state index in [1.54, 1.807) is 31.4 Å². The first-order valence-corrected chi connectivity index (χ1v) is 4.72. The van der Waals surface area contributed by atoms with Crippen LogP contribution in [-0.4, -0.2) is 25.3 Å². The van der Waals surface area contributed by atoms with Crippen molar-refractivity contribution in [2.75, 3.05) is 14.2 Å². The van der Waals surface area contributed by atoms with Crippen molar-refractivity contribution in [2.45, 2.75) is 6.92 Å². The van der Waals surface area contributed by atoms with E-state index in [0.29, 0.717) is 17.1 Å². The van der Waals surface area contributed by atoms with Gasteiger partial charge >= 0.3 is 5.97 Å². The highest BCUT2D eigenvalue weighted by Gasteiger charge is 2.05. The summed E-state index contributed by atoms with van der Waals surface area (Å²) in [6.07, 6.45) is 1.55. The van der Waals surface area contributed by atoms with Crippen LogP contribution in [-0.2, 0) is 4.79 Å². The highest BCUT2D eigenvalue weighted by molar-refractivity contribution is 5.92. The van der Waals surface area contributed by atoms with Gasteiger partial charge in [0, 0.05) is 11.1 Å². The lowest BCUT2D eigenvalue weighted by atomic mass is 10.1. The lowest BCUT2D eigenvalue weighted by Gasteiger charge is -2.07. The summed E-state index contributed by atoms with van der Waals surface area (Å²) in [5.41, 5.74) is 0.924. The van der Waals surface area contributed by atoms with Crippen LogP contribution in [0.5, 0.6) is 11.5 Å². The van der Waals surface area contributed by atoms with Gasteiger partial charge in [-0.05, 0) is 31.2 Å². The standard InChI is InChI=1S/C12H14O4/c1-8(12(13)14)6-9-7-10(15-2)4-5-11(9)16-3/h4-7H,1-3H3,(H,13,14)/b8-6+. The Bertz CT molecular complexity index is 421. The molecule has 0 aliphatic carbocycles. The number of benzene rings is 1. The van der Waals surface area contributed by atoms with Gasteiger partial charge in [0.05, 0.1) is 14.2 Å². The lowest BCUT2D eigenvalue weighted by Crippen LogP contribution is -1.96. The molecule has 0 fully saturated rings. The van der Waals surface area contributed by atoms with E-state index in [9.17, 15) is 4.79 Å². The zero-order valence-corrected chi connectivity index (χ0v) is 9.48. The van der Waals surface area contributed by atoms with Crippen molar-refractivity contribution in [1.29, 1.82) is 0 Å². The average Bonchev–Trinajstić information content (AvgIpc) is 2.28. The number of hydrogen-bond donors (Lipinski definition) is 1. The molecule has 4 heteroatoms. The van der Waals surface area contributed by atoms with E-state index >= 15 is 0 Å². The van der Waals surface area contributed by atoms with Gasteiger partial charge in [-0.1, -0.05) is 0 Å². The smallest absolute Gasteiger partial charge is 0.331 e. The molecule has 0 aliphatic heterocycles. The summed E-state index contributed by atoms with van der Waals surface area (Å²) in [7, 11) is 3.09. The Balaban J connectivity index is 3.19. The van der Waals surface area contributed by atoms with Crippen molar-refractivity contribution in [3.63, 3.8) is 0 Å². The molecular formula is C12H14O4. The minimum atomic E-state index is -0.954. The molecule has 0 atom stereocenters. The third kappa shape index (κ3) is 2.76. The Morgan fingerprint density at radius 3 is 2.50 bits per heavy atom. The number of aliphatic carboxylic acids is 1. The van der Waals surface area contributed by atoms with E-state index < -0.39 is 5.97 Å². The van der Waals surface area contributed by atoms with Gasteiger partial charge in [0.15, 0.2) is 0 Å². The molecule has 0 radical (unpaired) electrons. The van der Waals surface area contributed by atoms with Crippen molar-refractivity contribution >= 4 is 12.0 Å². The van der Waals surface area contributed by atoms with Crippen LogP contribution < -0.4 is 9.47 Å². The third-order valence-electron chi connectivity index (χ3n) is 2.15. The van der Waals surface area contributed by atoms with Gasteiger partial charge in [0.25, 0.3) is 0 Å². The van der Waals surface area contributed by atoms with Crippen molar-refractivity contribution < 1.29 is 19.4 Å². The average molecular weight is 222 g/mol. The number of carboxylic acid groups (broad SMARTS) is 1. The SMILES string of the molecule is COc1ccc(OC)c(/C=C(\C)C(=O)O)c1. The van der Waals surface area contributed by atoms with Gasteiger partial charge in [0.2, 0.25) is 0 Å². The summed E-state index contributed by atoms with van der Waals surface area (Å²) in [5, 5.41) is 8.79. The second kappa shape index (κ2) is 5.21. The Kier molecular flexibility index (Phi) is 3.94. The number of methoxy groups -OCH3 is 2. The van der Waals surface area contributed by atoms with Crippen LogP contribution in [0.3, 0.4) is 0 Å². The maximum Gasteiger partial charge on any atom is 0.331 e. The molecule has 0 saturated heterocycles. The van der Waals surface area contributed by atoms with E-state index in [2.05, 4.69) is 0 Å². The Morgan fingerprint density at radius 2 is 2.00 bits per heavy atom. The Morgan fingerprint density at radius 1 is 1.31 bits per heavy atom. The molecule has 1 aromatic carbocycles. The predicted octanol–water partition coefficient (Wildman–Crippen LogP) is 2.19. The number of ether oxygens (including phenoxy) is 2. The number of hydrogen-bond acceptors (Lipinski definition) is 3. The van der Waals surface area contributed by atoms with Crippen LogP contribution in [0.2, 0.25) is 0 Å². The van der Waals surface area contributed by atoms with Gasteiger partial charge in [-0.15, -0.1) is 0 Å². The lowest BCUT2D eigenvalue weighted by molar-refractivity contribution is -0.132. The van der Waals surface area contributed by atoms with Gasteiger partial charge in [-0.2, -0.15) is 0 Å². The molecule has 1 N–H and O–H groups in total.